The van der Waals surface area contributed by atoms with Crippen LogP contribution in [0.4, 0.5) is 10.1 Å². The van der Waals surface area contributed by atoms with Gasteiger partial charge < -0.3 is 14.5 Å². The Morgan fingerprint density at radius 2 is 1.55 bits per heavy atom. The van der Waals surface area contributed by atoms with Crippen molar-refractivity contribution in [2.45, 2.75) is 20.0 Å². The Hall–Kier alpha value is -3.19. The van der Waals surface area contributed by atoms with E-state index in [-0.39, 0.29) is 12.0 Å². The van der Waals surface area contributed by atoms with Crippen LogP contribution in [0.3, 0.4) is 0 Å². The van der Waals surface area contributed by atoms with Crippen molar-refractivity contribution in [2.24, 2.45) is 0 Å². The summed E-state index contributed by atoms with van der Waals surface area (Å²) < 4.78 is 19.4. The van der Waals surface area contributed by atoms with Gasteiger partial charge in [0.05, 0.1) is 17.4 Å². The van der Waals surface area contributed by atoms with E-state index in [1.54, 1.807) is 30.3 Å². The number of anilines is 1. The van der Waals surface area contributed by atoms with E-state index in [1.807, 2.05) is 31.9 Å². The molecule has 0 bridgehead atoms. The molecular weight excluding hydrogens is 397 g/mol. The SMILES string of the molecule is CC(C)Oc1ccccc1N1C(=O)C(c2ccc(F)cc2)=C(N2CCN(C)CC2)C1=O. The average Bonchev–Trinajstić information content (AvgIpc) is 2.99. The fourth-order valence-corrected chi connectivity index (χ4v) is 3.93. The smallest absolute Gasteiger partial charge is 0.282 e. The normalized spacial score (nSPS) is 17.8. The summed E-state index contributed by atoms with van der Waals surface area (Å²) in [6.45, 7) is 6.62. The second kappa shape index (κ2) is 8.51. The first-order valence-corrected chi connectivity index (χ1v) is 10.4. The summed E-state index contributed by atoms with van der Waals surface area (Å²) in [5.41, 5.74) is 1.60. The highest BCUT2D eigenvalue weighted by Crippen LogP contribution is 2.39. The molecule has 31 heavy (non-hydrogen) atoms. The molecular formula is C24H26FN3O3. The molecule has 0 radical (unpaired) electrons. The van der Waals surface area contributed by atoms with Gasteiger partial charge in [-0.15, -0.1) is 0 Å². The van der Waals surface area contributed by atoms with E-state index in [9.17, 15) is 14.0 Å². The summed E-state index contributed by atoms with van der Waals surface area (Å²) in [5, 5.41) is 0. The number of carbonyl (C=O) groups is 2. The fraction of sp³-hybridized carbons (Fsp3) is 0.333. The van der Waals surface area contributed by atoms with Crippen LogP contribution in [0, 0.1) is 5.82 Å². The number of ether oxygens (including phenoxy) is 1. The average molecular weight is 423 g/mol. The second-order valence-electron chi connectivity index (χ2n) is 8.10. The zero-order chi connectivity index (χ0) is 22.1. The number of rotatable bonds is 5. The van der Waals surface area contributed by atoms with Gasteiger partial charge in [0.1, 0.15) is 17.3 Å². The number of nitrogens with zero attached hydrogens (tertiary/aromatic N) is 3. The molecule has 7 heteroatoms. The van der Waals surface area contributed by atoms with Gasteiger partial charge in [-0.25, -0.2) is 9.29 Å². The molecule has 2 aliphatic rings. The van der Waals surface area contributed by atoms with Crippen LogP contribution >= 0.6 is 0 Å². The van der Waals surface area contributed by atoms with Gasteiger partial charge in [0, 0.05) is 26.2 Å². The molecule has 1 saturated heterocycles. The van der Waals surface area contributed by atoms with Crippen LogP contribution in [-0.2, 0) is 9.59 Å². The molecule has 1 fully saturated rings. The Labute approximate surface area is 181 Å². The summed E-state index contributed by atoms with van der Waals surface area (Å²) >= 11 is 0. The summed E-state index contributed by atoms with van der Waals surface area (Å²) in [7, 11) is 2.03. The molecule has 2 aromatic rings. The van der Waals surface area contributed by atoms with Crippen LogP contribution in [0.2, 0.25) is 0 Å². The van der Waals surface area contributed by atoms with Gasteiger partial charge in [0.25, 0.3) is 11.8 Å². The minimum atomic E-state index is -0.426. The van der Waals surface area contributed by atoms with E-state index >= 15 is 0 Å². The first-order valence-electron chi connectivity index (χ1n) is 10.4. The Kier molecular flexibility index (Phi) is 5.78. The summed E-state index contributed by atoms with van der Waals surface area (Å²) in [5.74, 6) is -0.730. The minimum absolute atomic E-state index is 0.115. The maximum atomic E-state index is 13.6. The van der Waals surface area contributed by atoms with E-state index < -0.39 is 11.7 Å². The molecule has 0 N–H and O–H groups in total. The number of para-hydroxylation sites is 2. The van der Waals surface area contributed by atoms with E-state index in [4.69, 9.17) is 4.74 Å². The van der Waals surface area contributed by atoms with Gasteiger partial charge in [-0.2, -0.15) is 0 Å². The lowest BCUT2D eigenvalue weighted by atomic mass is 10.0. The molecule has 0 spiro atoms. The molecule has 0 aliphatic carbocycles. The highest BCUT2D eigenvalue weighted by molar-refractivity contribution is 6.45. The first kappa shape index (κ1) is 21.1. The van der Waals surface area contributed by atoms with Gasteiger partial charge in [-0.1, -0.05) is 24.3 Å². The largest absolute Gasteiger partial charge is 0.489 e. The fourth-order valence-electron chi connectivity index (χ4n) is 3.93. The van der Waals surface area contributed by atoms with Crippen LogP contribution in [-0.4, -0.2) is 60.9 Å². The molecule has 2 amide bonds. The van der Waals surface area contributed by atoms with E-state index in [1.165, 1.54) is 17.0 Å². The lowest BCUT2D eigenvalue weighted by Crippen LogP contribution is -2.46. The molecule has 0 unspecified atom stereocenters. The van der Waals surface area contributed by atoms with Crippen molar-refractivity contribution in [1.29, 1.82) is 0 Å². The third kappa shape index (κ3) is 4.05. The predicted octanol–water partition coefficient (Wildman–Crippen LogP) is 3.14. The van der Waals surface area contributed by atoms with E-state index in [2.05, 4.69) is 4.90 Å². The van der Waals surface area contributed by atoms with Gasteiger partial charge in [0.2, 0.25) is 0 Å². The number of amides is 2. The Morgan fingerprint density at radius 1 is 0.903 bits per heavy atom. The maximum absolute atomic E-state index is 13.6. The number of carbonyl (C=O) groups excluding carboxylic acids is 2. The van der Waals surface area contributed by atoms with Crippen molar-refractivity contribution < 1.29 is 18.7 Å². The van der Waals surface area contributed by atoms with Gasteiger partial charge in [-0.05, 0) is 50.7 Å². The standard InChI is InChI=1S/C24H26FN3O3/c1-16(2)31-20-7-5-4-6-19(20)28-23(29)21(17-8-10-18(25)11-9-17)22(24(28)30)27-14-12-26(3)13-15-27/h4-11,16H,12-15H2,1-3H3. The zero-order valence-electron chi connectivity index (χ0n) is 18.0. The van der Waals surface area contributed by atoms with E-state index in [0.717, 1.165) is 13.1 Å². The first-order chi connectivity index (χ1) is 14.9. The predicted molar refractivity (Wildman–Crippen MR) is 117 cm³/mol. The molecule has 2 aliphatic heterocycles. The number of hydrogen-bond donors (Lipinski definition) is 0. The summed E-state index contributed by atoms with van der Waals surface area (Å²) in [6.07, 6.45) is -0.115. The molecule has 4 rings (SSSR count). The van der Waals surface area contributed by atoms with Crippen molar-refractivity contribution in [2.75, 3.05) is 38.1 Å². The number of likely N-dealkylation sites (N-methyl/N-ethyl adjacent to an activating group) is 1. The van der Waals surface area contributed by atoms with Gasteiger partial charge in [0.15, 0.2) is 0 Å². The maximum Gasteiger partial charge on any atom is 0.282 e. The Bertz CT molecular complexity index is 1020. The number of piperazine rings is 1. The lowest BCUT2D eigenvalue weighted by Gasteiger charge is -2.34. The van der Waals surface area contributed by atoms with Crippen LogP contribution in [0.25, 0.3) is 5.57 Å². The second-order valence-corrected chi connectivity index (χ2v) is 8.10. The van der Waals surface area contributed by atoms with Gasteiger partial charge >= 0.3 is 0 Å². The van der Waals surface area contributed by atoms with Crippen LogP contribution in [0.5, 0.6) is 5.75 Å². The van der Waals surface area contributed by atoms with Crippen molar-refractivity contribution >= 4 is 23.1 Å². The topological polar surface area (TPSA) is 53.1 Å². The molecule has 162 valence electrons. The molecule has 0 aromatic heterocycles. The third-order valence-corrected chi connectivity index (χ3v) is 5.48. The quantitative estimate of drug-likeness (QED) is 0.692. The molecule has 6 nitrogen and oxygen atoms in total. The highest BCUT2D eigenvalue weighted by Gasteiger charge is 2.43. The number of imide groups is 1. The molecule has 0 atom stereocenters. The number of hydrogen-bond acceptors (Lipinski definition) is 5. The Balaban J connectivity index is 1.80. The number of benzene rings is 2. The van der Waals surface area contributed by atoms with E-state index in [0.29, 0.717) is 41.4 Å². The zero-order valence-corrected chi connectivity index (χ0v) is 18.0. The molecule has 2 aromatic carbocycles. The van der Waals surface area contributed by atoms with Crippen molar-refractivity contribution in [1.82, 2.24) is 9.80 Å². The van der Waals surface area contributed by atoms with Crippen LogP contribution in [0.1, 0.15) is 19.4 Å². The van der Waals surface area contributed by atoms with Crippen molar-refractivity contribution in [3.8, 4) is 5.75 Å². The highest BCUT2D eigenvalue weighted by atomic mass is 19.1. The summed E-state index contributed by atoms with van der Waals surface area (Å²) in [6, 6.07) is 12.7. The molecule has 0 saturated carbocycles. The monoisotopic (exact) mass is 423 g/mol. The van der Waals surface area contributed by atoms with Gasteiger partial charge in [-0.3, -0.25) is 9.59 Å². The lowest BCUT2D eigenvalue weighted by molar-refractivity contribution is -0.120. The summed E-state index contributed by atoms with van der Waals surface area (Å²) in [4.78, 5) is 32.6. The third-order valence-electron chi connectivity index (χ3n) is 5.48. The molecule has 2 heterocycles. The van der Waals surface area contributed by atoms with Crippen molar-refractivity contribution in [3.63, 3.8) is 0 Å². The van der Waals surface area contributed by atoms with Crippen LogP contribution < -0.4 is 9.64 Å². The minimum Gasteiger partial charge on any atom is -0.489 e. The van der Waals surface area contributed by atoms with Crippen LogP contribution in [0.15, 0.2) is 54.2 Å². The Morgan fingerprint density at radius 3 is 2.19 bits per heavy atom. The number of halogens is 1. The van der Waals surface area contributed by atoms with Crippen molar-refractivity contribution in [3.05, 3.63) is 65.6 Å².